The van der Waals surface area contributed by atoms with E-state index < -0.39 is 0 Å². The number of aryl methyl sites for hydroxylation is 2. The number of nitrogens with zero attached hydrogens (tertiary/aromatic N) is 4. The zero-order valence-corrected chi connectivity index (χ0v) is 15.2. The van der Waals surface area contributed by atoms with Gasteiger partial charge in [-0.1, -0.05) is 6.92 Å². The number of hydrogen-bond donors (Lipinski definition) is 1. The second kappa shape index (κ2) is 8.42. The van der Waals surface area contributed by atoms with Crippen LogP contribution in [0.1, 0.15) is 18.2 Å². The first-order valence-corrected chi connectivity index (χ1v) is 6.88. The van der Waals surface area contributed by atoms with Crippen LogP contribution in [0.25, 0.3) is 0 Å². The summed E-state index contributed by atoms with van der Waals surface area (Å²) in [5.41, 5.74) is 8.05. The number of halogens is 1. The summed E-state index contributed by atoms with van der Waals surface area (Å²) in [7, 11) is 3.52. The van der Waals surface area contributed by atoms with E-state index in [1.54, 1.807) is 11.8 Å². The molecule has 0 radical (unpaired) electrons. The Kier molecular flexibility index (Phi) is 7.23. The van der Waals surface area contributed by atoms with E-state index in [4.69, 9.17) is 15.2 Å². The molecule has 0 atom stereocenters. The molecular formula is C13H24IN5O2. The van der Waals surface area contributed by atoms with Gasteiger partial charge in [0.05, 0.1) is 38.1 Å². The Labute approximate surface area is 142 Å². The third-order valence-corrected chi connectivity index (χ3v) is 3.43. The van der Waals surface area contributed by atoms with Crippen LogP contribution in [0.4, 0.5) is 0 Å². The lowest BCUT2D eigenvalue weighted by Gasteiger charge is -2.27. The Morgan fingerprint density at radius 2 is 2.10 bits per heavy atom. The lowest BCUT2D eigenvalue weighted by atomic mass is 10.2. The molecule has 0 spiro atoms. The van der Waals surface area contributed by atoms with Crippen LogP contribution >= 0.6 is 24.0 Å². The first kappa shape index (κ1) is 18.0. The Balaban J connectivity index is 0.00000220. The highest BCUT2D eigenvalue weighted by atomic mass is 127. The summed E-state index contributed by atoms with van der Waals surface area (Å²) >= 11 is 0. The van der Waals surface area contributed by atoms with Crippen molar-refractivity contribution < 1.29 is 9.47 Å². The summed E-state index contributed by atoms with van der Waals surface area (Å²) in [5.74, 6) is 1.31. The van der Waals surface area contributed by atoms with E-state index in [1.807, 2.05) is 11.9 Å². The van der Waals surface area contributed by atoms with Crippen molar-refractivity contribution in [3.63, 3.8) is 0 Å². The Morgan fingerprint density at radius 3 is 2.67 bits per heavy atom. The van der Waals surface area contributed by atoms with Crippen LogP contribution in [-0.4, -0.2) is 54.1 Å². The molecule has 1 aromatic rings. The highest BCUT2D eigenvalue weighted by Gasteiger charge is 2.16. The van der Waals surface area contributed by atoms with Gasteiger partial charge in [0, 0.05) is 20.1 Å². The van der Waals surface area contributed by atoms with Crippen molar-refractivity contribution in [2.24, 2.45) is 17.8 Å². The lowest BCUT2D eigenvalue weighted by molar-refractivity contribution is 0.0674. The summed E-state index contributed by atoms with van der Waals surface area (Å²) in [4.78, 5) is 6.52. The molecule has 8 heteroatoms. The topological polar surface area (TPSA) is 77.9 Å². The van der Waals surface area contributed by atoms with E-state index in [0.29, 0.717) is 25.7 Å². The fourth-order valence-electron chi connectivity index (χ4n) is 2.36. The zero-order valence-electron chi connectivity index (χ0n) is 12.8. The number of aromatic nitrogens is 2. The second-order valence-corrected chi connectivity index (χ2v) is 4.69. The number of aliphatic imine (C=N–C) groups is 1. The van der Waals surface area contributed by atoms with Gasteiger partial charge in [-0.05, 0) is 6.42 Å². The van der Waals surface area contributed by atoms with Gasteiger partial charge in [-0.2, -0.15) is 5.10 Å². The molecule has 21 heavy (non-hydrogen) atoms. The van der Waals surface area contributed by atoms with Crippen LogP contribution in [0, 0.1) is 0 Å². The maximum atomic E-state index is 6.04. The molecule has 1 saturated heterocycles. The van der Waals surface area contributed by atoms with Crippen molar-refractivity contribution in [1.82, 2.24) is 14.7 Å². The van der Waals surface area contributed by atoms with Crippen molar-refractivity contribution in [3.8, 4) is 5.88 Å². The van der Waals surface area contributed by atoms with E-state index in [-0.39, 0.29) is 24.0 Å². The third-order valence-electron chi connectivity index (χ3n) is 3.43. The van der Waals surface area contributed by atoms with Crippen LogP contribution in [0.5, 0.6) is 5.88 Å². The van der Waals surface area contributed by atoms with Crippen molar-refractivity contribution >= 4 is 29.9 Å². The predicted octanol–water partition coefficient (Wildman–Crippen LogP) is 0.756. The van der Waals surface area contributed by atoms with E-state index in [1.165, 1.54) is 0 Å². The molecule has 0 aromatic carbocycles. The number of guanidine groups is 1. The molecule has 2 N–H and O–H groups in total. The van der Waals surface area contributed by atoms with Crippen LogP contribution in [0.3, 0.4) is 0 Å². The molecule has 2 heterocycles. The Morgan fingerprint density at radius 1 is 1.43 bits per heavy atom. The molecule has 0 amide bonds. The minimum Gasteiger partial charge on any atom is -0.481 e. The maximum Gasteiger partial charge on any atom is 0.216 e. The van der Waals surface area contributed by atoms with E-state index in [9.17, 15) is 0 Å². The molecule has 0 saturated carbocycles. The third kappa shape index (κ3) is 4.22. The van der Waals surface area contributed by atoms with Gasteiger partial charge in [-0.3, -0.25) is 0 Å². The van der Waals surface area contributed by atoms with E-state index >= 15 is 0 Å². The van der Waals surface area contributed by atoms with Crippen LogP contribution in [0.2, 0.25) is 0 Å². The molecule has 2 rings (SSSR count). The number of ether oxygens (including phenoxy) is 2. The summed E-state index contributed by atoms with van der Waals surface area (Å²) in [6.45, 7) is 5.54. The van der Waals surface area contributed by atoms with Crippen molar-refractivity contribution in [2.75, 3.05) is 33.4 Å². The Hall–Kier alpha value is -1.03. The normalized spacial score (nSPS) is 15.8. The summed E-state index contributed by atoms with van der Waals surface area (Å²) in [6.07, 6.45) is 0.847. The number of hydrogen-bond acceptors (Lipinski definition) is 4. The highest BCUT2D eigenvalue weighted by molar-refractivity contribution is 14.0. The number of nitrogens with two attached hydrogens (primary N) is 1. The quantitative estimate of drug-likeness (QED) is 0.451. The first-order chi connectivity index (χ1) is 9.67. The Bertz CT molecular complexity index is 483. The molecule has 1 aromatic heterocycles. The molecule has 1 aliphatic heterocycles. The van der Waals surface area contributed by atoms with E-state index in [0.717, 1.165) is 36.6 Å². The molecular weight excluding hydrogens is 385 g/mol. The summed E-state index contributed by atoms with van der Waals surface area (Å²) < 4.78 is 12.4. The van der Waals surface area contributed by atoms with Crippen LogP contribution in [0.15, 0.2) is 4.99 Å². The standard InChI is InChI=1S/C13H23N5O2.HI/c1-4-11-10(12(19-3)17(2)16-11)9-15-13(14)18-5-7-20-8-6-18;/h4-9H2,1-3H3,(H2,14,15);1H. The molecule has 0 bridgehead atoms. The second-order valence-electron chi connectivity index (χ2n) is 4.69. The minimum absolute atomic E-state index is 0. The average molecular weight is 409 g/mol. The van der Waals surface area contributed by atoms with Crippen LogP contribution in [-0.2, 0) is 24.8 Å². The van der Waals surface area contributed by atoms with Gasteiger partial charge >= 0.3 is 0 Å². The van der Waals surface area contributed by atoms with E-state index in [2.05, 4.69) is 17.0 Å². The van der Waals surface area contributed by atoms with Crippen molar-refractivity contribution in [2.45, 2.75) is 19.9 Å². The van der Waals surface area contributed by atoms with Gasteiger partial charge in [0.1, 0.15) is 0 Å². The fourth-order valence-corrected chi connectivity index (χ4v) is 2.36. The molecule has 0 unspecified atom stereocenters. The summed E-state index contributed by atoms with van der Waals surface area (Å²) in [6, 6.07) is 0. The molecule has 7 nitrogen and oxygen atoms in total. The van der Waals surface area contributed by atoms with Gasteiger partial charge in [-0.15, -0.1) is 24.0 Å². The van der Waals surface area contributed by atoms with Crippen molar-refractivity contribution in [3.05, 3.63) is 11.3 Å². The molecule has 1 fully saturated rings. The molecule has 0 aliphatic carbocycles. The highest BCUT2D eigenvalue weighted by Crippen LogP contribution is 2.22. The zero-order chi connectivity index (χ0) is 14.5. The number of morpholine rings is 1. The minimum atomic E-state index is 0. The average Bonchev–Trinajstić information content (AvgIpc) is 2.80. The number of rotatable bonds is 4. The van der Waals surface area contributed by atoms with Gasteiger partial charge in [0.25, 0.3) is 0 Å². The smallest absolute Gasteiger partial charge is 0.216 e. The monoisotopic (exact) mass is 409 g/mol. The molecule has 1 aliphatic rings. The largest absolute Gasteiger partial charge is 0.481 e. The predicted molar refractivity (Wildman–Crippen MR) is 92.3 cm³/mol. The van der Waals surface area contributed by atoms with Crippen LogP contribution < -0.4 is 10.5 Å². The fraction of sp³-hybridized carbons (Fsp3) is 0.692. The van der Waals surface area contributed by atoms with Crippen molar-refractivity contribution in [1.29, 1.82) is 0 Å². The molecule has 120 valence electrons. The number of methoxy groups -OCH3 is 1. The van der Waals surface area contributed by atoms with Gasteiger partial charge in [0.2, 0.25) is 5.88 Å². The SMILES string of the molecule is CCc1nn(C)c(OC)c1CN=C(N)N1CCOCC1.I. The lowest BCUT2D eigenvalue weighted by Crippen LogP contribution is -2.44. The van der Waals surface area contributed by atoms with Gasteiger partial charge in [0.15, 0.2) is 5.96 Å². The van der Waals surface area contributed by atoms with Gasteiger partial charge in [-0.25, -0.2) is 9.67 Å². The first-order valence-electron chi connectivity index (χ1n) is 6.88. The summed E-state index contributed by atoms with van der Waals surface area (Å²) in [5, 5.41) is 4.44. The maximum absolute atomic E-state index is 6.04. The van der Waals surface area contributed by atoms with Gasteiger partial charge < -0.3 is 20.1 Å².